The van der Waals surface area contributed by atoms with Crippen molar-refractivity contribution in [1.29, 1.82) is 0 Å². The standard InChI is InChI=1S/C30H34FN7O/c1-36-14-9-19-5-2-6-22(27(19)36)25-24(31)26-23(15-32-25)28(37-16-20-7-8-21(17-37)33-20)35-29(34-26)39-18-30-10-3-12-38(30)13-4-11-30/h2,5-6,9,14-15,20-21,33H,3-4,7-8,10-13,16-18H2,1H3/t20-,21+. The van der Waals surface area contributed by atoms with Crippen LogP contribution in [-0.4, -0.2) is 74.8 Å². The Morgan fingerprint density at radius 3 is 2.67 bits per heavy atom. The van der Waals surface area contributed by atoms with Gasteiger partial charge in [0.05, 0.1) is 16.4 Å². The molecule has 4 aromatic rings. The molecule has 0 saturated carbocycles. The minimum atomic E-state index is -0.422. The van der Waals surface area contributed by atoms with Gasteiger partial charge < -0.3 is 19.5 Å². The molecule has 0 aliphatic carbocycles. The Kier molecular flexibility index (Phi) is 5.35. The van der Waals surface area contributed by atoms with Gasteiger partial charge >= 0.3 is 6.01 Å². The summed E-state index contributed by atoms with van der Waals surface area (Å²) >= 11 is 0. The maximum atomic E-state index is 16.5. The van der Waals surface area contributed by atoms with Crippen molar-refractivity contribution < 1.29 is 9.13 Å². The largest absolute Gasteiger partial charge is 0.461 e. The molecule has 0 amide bonds. The monoisotopic (exact) mass is 527 g/mol. The highest BCUT2D eigenvalue weighted by molar-refractivity contribution is 5.97. The zero-order valence-electron chi connectivity index (χ0n) is 22.4. The van der Waals surface area contributed by atoms with Gasteiger partial charge in [-0.1, -0.05) is 18.2 Å². The van der Waals surface area contributed by atoms with E-state index < -0.39 is 5.82 Å². The molecule has 0 radical (unpaired) electrons. The fourth-order valence-corrected chi connectivity index (χ4v) is 7.69. The van der Waals surface area contributed by atoms with Gasteiger partial charge in [-0.3, -0.25) is 9.88 Å². The van der Waals surface area contributed by atoms with E-state index in [1.54, 1.807) is 6.20 Å². The summed E-state index contributed by atoms with van der Waals surface area (Å²) in [6, 6.07) is 9.08. The first-order valence-electron chi connectivity index (χ1n) is 14.4. The van der Waals surface area contributed by atoms with Crippen molar-refractivity contribution in [3.05, 3.63) is 42.5 Å². The van der Waals surface area contributed by atoms with E-state index in [9.17, 15) is 0 Å². The van der Waals surface area contributed by atoms with Crippen molar-refractivity contribution in [2.45, 2.75) is 56.1 Å². The fraction of sp³-hybridized carbons (Fsp3) is 0.500. The van der Waals surface area contributed by atoms with Crippen LogP contribution in [0.2, 0.25) is 0 Å². The molecule has 0 spiro atoms. The first-order chi connectivity index (χ1) is 19.1. The fourth-order valence-electron chi connectivity index (χ4n) is 7.69. The number of ether oxygens (including phenoxy) is 1. The number of aromatic nitrogens is 4. The quantitative estimate of drug-likeness (QED) is 0.416. The maximum Gasteiger partial charge on any atom is 0.319 e. The average Bonchev–Trinajstić information content (AvgIpc) is 3.71. The van der Waals surface area contributed by atoms with E-state index >= 15 is 4.39 Å². The Morgan fingerprint density at radius 1 is 1.08 bits per heavy atom. The Bertz CT molecular complexity index is 1560. The van der Waals surface area contributed by atoms with E-state index in [1.165, 1.54) is 12.8 Å². The highest BCUT2D eigenvalue weighted by Gasteiger charge is 2.45. The Morgan fingerprint density at radius 2 is 1.87 bits per heavy atom. The van der Waals surface area contributed by atoms with Gasteiger partial charge in [0, 0.05) is 55.6 Å². The van der Waals surface area contributed by atoms with Crippen molar-refractivity contribution in [1.82, 2.24) is 29.7 Å². The molecular weight excluding hydrogens is 493 g/mol. The molecule has 39 heavy (non-hydrogen) atoms. The molecule has 4 aliphatic rings. The van der Waals surface area contributed by atoms with E-state index in [0.717, 1.165) is 74.1 Å². The number of para-hydroxylation sites is 1. The summed E-state index contributed by atoms with van der Waals surface area (Å²) in [5.41, 5.74) is 2.37. The molecule has 4 aliphatic heterocycles. The number of benzene rings is 1. The topological polar surface area (TPSA) is 71.3 Å². The third-order valence-corrected chi connectivity index (χ3v) is 9.59. The van der Waals surface area contributed by atoms with Crippen molar-refractivity contribution in [2.24, 2.45) is 7.05 Å². The second kappa shape index (κ2) is 8.86. The first kappa shape index (κ1) is 23.6. The first-order valence-corrected chi connectivity index (χ1v) is 14.4. The molecule has 8 rings (SSSR count). The third kappa shape index (κ3) is 3.73. The number of pyridine rings is 1. The summed E-state index contributed by atoms with van der Waals surface area (Å²) in [4.78, 5) is 19.2. The van der Waals surface area contributed by atoms with Crippen LogP contribution in [0.4, 0.5) is 10.2 Å². The van der Waals surface area contributed by atoms with Crippen LogP contribution in [0, 0.1) is 5.82 Å². The van der Waals surface area contributed by atoms with Gasteiger partial charge in [0.1, 0.15) is 23.6 Å². The summed E-state index contributed by atoms with van der Waals surface area (Å²) in [7, 11) is 1.98. The van der Waals surface area contributed by atoms with E-state index in [4.69, 9.17) is 14.7 Å². The molecule has 8 nitrogen and oxygen atoms in total. The molecule has 4 saturated heterocycles. The predicted octanol–water partition coefficient (Wildman–Crippen LogP) is 4.27. The van der Waals surface area contributed by atoms with E-state index in [0.29, 0.717) is 29.8 Å². The van der Waals surface area contributed by atoms with Crippen LogP contribution in [-0.2, 0) is 7.05 Å². The lowest BCUT2D eigenvalue weighted by Gasteiger charge is -2.34. The number of nitrogens with zero attached hydrogens (tertiary/aromatic N) is 6. The van der Waals surface area contributed by atoms with Crippen LogP contribution in [0.15, 0.2) is 36.7 Å². The van der Waals surface area contributed by atoms with Gasteiger partial charge in [0.25, 0.3) is 0 Å². The second-order valence-electron chi connectivity index (χ2n) is 11.9. The highest BCUT2D eigenvalue weighted by Crippen LogP contribution is 2.40. The number of fused-ring (bicyclic) bond motifs is 5. The molecule has 3 aromatic heterocycles. The minimum Gasteiger partial charge on any atom is -0.461 e. The Balaban J connectivity index is 1.25. The molecule has 2 bridgehead atoms. The van der Waals surface area contributed by atoms with Crippen molar-refractivity contribution in [2.75, 3.05) is 37.7 Å². The summed E-state index contributed by atoms with van der Waals surface area (Å²) in [5, 5.41) is 5.38. The third-order valence-electron chi connectivity index (χ3n) is 9.59. The van der Waals surface area contributed by atoms with Crippen LogP contribution in [0.25, 0.3) is 33.1 Å². The molecule has 7 heterocycles. The second-order valence-corrected chi connectivity index (χ2v) is 11.9. The molecule has 0 unspecified atom stereocenters. The number of hydrogen-bond donors (Lipinski definition) is 1. The van der Waals surface area contributed by atoms with E-state index in [1.807, 2.05) is 42.1 Å². The minimum absolute atomic E-state index is 0.0662. The van der Waals surface area contributed by atoms with Crippen LogP contribution in [0.1, 0.15) is 38.5 Å². The van der Waals surface area contributed by atoms with Crippen LogP contribution >= 0.6 is 0 Å². The molecule has 202 valence electrons. The number of anilines is 1. The molecular formula is C30H34FN7O. The zero-order chi connectivity index (χ0) is 26.1. The number of aryl methyl sites for hydroxylation is 1. The van der Waals surface area contributed by atoms with Crippen molar-refractivity contribution >= 4 is 27.6 Å². The summed E-state index contributed by atoms with van der Waals surface area (Å²) in [6.45, 7) is 4.49. The Hall–Kier alpha value is -3.30. The van der Waals surface area contributed by atoms with Gasteiger partial charge in [0.15, 0.2) is 5.82 Å². The molecule has 1 aromatic carbocycles. The van der Waals surface area contributed by atoms with Gasteiger partial charge in [-0.2, -0.15) is 9.97 Å². The van der Waals surface area contributed by atoms with Gasteiger partial charge in [-0.25, -0.2) is 4.39 Å². The maximum absolute atomic E-state index is 16.5. The number of rotatable bonds is 5. The highest BCUT2D eigenvalue weighted by atomic mass is 19.1. The Labute approximate surface area is 227 Å². The lowest BCUT2D eigenvalue weighted by molar-refractivity contribution is 0.108. The SMILES string of the molecule is Cn1ccc2cccc(-c3ncc4c(N5C[C@H]6CC[C@@H](C5)N6)nc(OCC56CCCN5CCC6)nc4c3F)c21. The predicted molar refractivity (Wildman–Crippen MR) is 150 cm³/mol. The van der Waals surface area contributed by atoms with Gasteiger partial charge in [0.2, 0.25) is 0 Å². The van der Waals surface area contributed by atoms with Crippen LogP contribution in [0.5, 0.6) is 6.01 Å². The van der Waals surface area contributed by atoms with Crippen molar-refractivity contribution in [3.63, 3.8) is 0 Å². The zero-order valence-corrected chi connectivity index (χ0v) is 22.4. The van der Waals surface area contributed by atoms with E-state index in [2.05, 4.69) is 20.1 Å². The lowest BCUT2D eigenvalue weighted by Crippen LogP contribution is -2.51. The summed E-state index contributed by atoms with van der Waals surface area (Å²) in [5.74, 6) is 0.310. The number of halogens is 1. The van der Waals surface area contributed by atoms with Crippen LogP contribution < -0.4 is 15.0 Å². The summed E-state index contributed by atoms with van der Waals surface area (Å²) in [6.07, 6.45) is 10.7. The number of nitrogens with one attached hydrogen (secondary N) is 1. The van der Waals surface area contributed by atoms with Crippen LogP contribution in [0.3, 0.4) is 0 Å². The molecule has 1 N–H and O–H groups in total. The van der Waals surface area contributed by atoms with Crippen molar-refractivity contribution in [3.8, 4) is 17.3 Å². The lowest BCUT2D eigenvalue weighted by atomic mass is 9.95. The number of hydrogen-bond acceptors (Lipinski definition) is 7. The van der Waals surface area contributed by atoms with E-state index in [-0.39, 0.29) is 17.1 Å². The average molecular weight is 528 g/mol. The molecule has 2 atom stereocenters. The molecule has 9 heteroatoms. The van der Waals surface area contributed by atoms with Gasteiger partial charge in [-0.15, -0.1) is 0 Å². The van der Waals surface area contributed by atoms with Gasteiger partial charge in [-0.05, 0) is 57.7 Å². The normalized spacial score (nSPS) is 24.2. The molecule has 4 fully saturated rings. The smallest absolute Gasteiger partial charge is 0.319 e. The summed E-state index contributed by atoms with van der Waals surface area (Å²) < 4.78 is 24.9. The number of piperazine rings is 1.